The molecule has 0 bridgehead atoms. The zero-order valence-electron chi connectivity index (χ0n) is 15.5. The minimum absolute atomic E-state index is 0.00730. The predicted octanol–water partition coefficient (Wildman–Crippen LogP) is 4.58. The quantitative estimate of drug-likeness (QED) is 0.519. The van der Waals surface area contributed by atoms with Gasteiger partial charge in [-0.25, -0.2) is 0 Å². The van der Waals surface area contributed by atoms with E-state index in [-0.39, 0.29) is 5.71 Å². The first kappa shape index (κ1) is 18.8. The molecule has 3 rings (SSSR count). The van der Waals surface area contributed by atoms with Gasteiger partial charge >= 0.3 is 0 Å². The number of hydrogen-bond acceptors (Lipinski definition) is 3. The summed E-state index contributed by atoms with van der Waals surface area (Å²) < 4.78 is 0. The van der Waals surface area contributed by atoms with Crippen LogP contribution in [0.3, 0.4) is 0 Å². The molecule has 2 aromatic carbocycles. The molecule has 2 aromatic rings. The Kier molecular flexibility index (Phi) is 6.01. The number of anilines is 2. The maximum absolute atomic E-state index is 12.7. The van der Waals surface area contributed by atoms with Crippen molar-refractivity contribution < 1.29 is 9.59 Å². The molecule has 2 amide bonds. The number of nitrogens with one attached hydrogen (secondary N) is 3. The van der Waals surface area contributed by atoms with E-state index in [1.54, 1.807) is 24.3 Å². The van der Waals surface area contributed by atoms with Gasteiger partial charge in [0.25, 0.3) is 0 Å². The molecule has 0 saturated heterocycles. The molecule has 0 aliphatic heterocycles. The van der Waals surface area contributed by atoms with Gasteiger partial charge in [-0.2, -0.15) is 0 Å². The van der Waals surface area contributed by atoms with Crippen molar-refractivity contribution in [3.05, 3.63) is 60.2 Å². The molecule has 27 heavy (non-hydrogen) atoms. The van der Waals surface area contributed by atoms with Crippen molar-refractivity contribution in [2.45, 2.75) is 38.5 Å². The van der Waals surface area contributed by atoms with Crippen molar-refractivity contribution in [1.29, 1.82) is 5.41 Å². The molecule has 1 unspecified atom stereocenters. The smallest absolute Gasteiger partial charge is 0.242 e. The van der Waals surface area contributed by atoms with Crippen LogP contribution in [0.4, 0.5) is 11.4 Å². The first-order valence-corrected chi connectivity index (χ1v) is 9.36. The minimum atomic E-state index is -1.17. The second-order valence-corrected chi connectivity index (χ2v) is 7.07. The third kappa shape index (κ3) is 4.82. The minimum Gasteiger partial charge on any atom is -0.325 e. The van der Waals surface area contributed by atoms with Crippen molar-refractivity contribution in [1.82, 2.24) is 0 Å². The Morgan fingerprint density at radius 3 is 2.15 bits per heavy atom. The predicted molar refractivity (Wildman–Crippen MR) is 108 cm³/mol. The van der Waals surface area contributed by atoms with E-state index in [1.807, 2.05) is 24.3 Å². The highest BCUT2D eigenvalue weighted by molar-refractivity contribution is 6.24. The first-order valence-electron chi connectivity index (χ1n) is 9.36. The molecular formula is C22H25N3O2. The van der Waals surface area contributed by atoms with Crippen LogP contribution in [0.1, 0.15) is 44.1 Å². The van der Waals surface area contributed by atoms with Gasteiger partial charge in [0.15, 0.2) is 5.92 Å². The van der Waals surface area contributed by atoms with E-state index in [9.17, 15) is 9.59 Å². The van der Waals surface area contributed by atoms with Gasteiger partial charge in [-0.05, 0) is 55.5 Å². The molecule has 0 heterocycles. The van der Waals surface area contributed by atoms with Gasteiger partial charge in [-0.3, -0.25) is 9.59 Å². The van der Waals surface area contributed by atoms with E-state index in [1.165, 1.54) is 38.2 Å². The Morgan fingerprint density at radius 2 is 1.52 bits per heavy atom. The molecule has 1 fully saturated rings. The average Bonchev–Trinajstić information content (AvgIpc) is 3.17. The van der Waals surface area contributed by atoms with Gasteiger partial charge in [0.2, 0.25) is 11.8 Å². The van der Waals surface area contributed by atoms with Crippen LogP contribution < -0.4 is 10.6 Å². The molecule has 1 aliphatic rings. The van der Waals surface area contributed by atoms with Crippen molar-refractivity contribution in [3.8, 4) is 0 Å². The first-order chi connectivity index (χ1) is 13.0. The number of hydrogen-bond donors (Lipinski definition) is 3. The number of benzene rings is 2. The SMILES string of the molecule is CC(=N)C(C(=O)Nc1ccccc1)C(=O)Nc1cccc(C2CCCC2)c1. The summed E-state index contributed by atoms with van der Waals surface area (Å²) >= 11 is 0. The lowest BCUT2D eigenvalue weighted by Crippen LogP contribution is -2.38. The van der Waals surface area contributed by atoms with E-state index in [0.717, 1.165) is 0 Å². The third-order valence-corrected chi connectivity index (χ3v) is 4.98. The summed E-state index contributed by atoms with van der Waals surface area (Å²) in [6, 6.07) is 16.8. The zero-order valence-corrected chi connectivity index (χ0v) is 15.5. The van der Waals surface area contributed by atoms with Crippen LogP contribution >= 0.6 is 0 Å². The second kappa shape index (κ2) is 8.62. The number of amides is 2. The van der Waals surface area contributed by atoms with E-state index in [0.29, 0.717) is 17.3 Å². The van der Waals surface area contributed by atoms with E-state index < -0.39 is 17.7 Å². The Bertz CT molecular complexity index is 826. The van der Waals surface area contributed by atoms with Crippen LogP contribution in [0, 0.1) is 11.3 Å². The lowest BCUT2D eigenvalue weighted by molar-refractivity contribution is -0.126. The van der Waals surface area contributed by atoms with Crippen LogP contribution in [0.25, 0.3) is 0 Å². The summed E-state index contributed by atoms with van der Waals surface area (Å²) in [5.41, 5.74) is 2.50. The van der Waals surface area contributed by atoms with Crippen LogP contribution in [0.5, 0.6) is 0 Å². The molecule has 1 aliphatic carbocycles. The Labute approximate surface area is 159 Å². The number of rotatable bonds is 6. The van der Waals surface area contributed by atoms with Gasteiger partial charge < -0.3 is 16.0 Å². The summed E-state index contributed by atoms with van der Waals surface area (Å²) in [6.45, 7) is 1.48. The lowest BCUT2D eigenvalue weighted by atomic mass is 9.97. The third-order valence-electron chi connectivity index (χ3n) is 4.98. The standard InChI is InChI=1S/C22H25N3O2/c1-15(23)20(21(26)24-18-11-3-2-4-12-18)22(27)25-19-13-7-10-17(14-19)16-8-5-6-9-16/h2-4,7,10-14,16,20,23H,5-6,8-9H2,1H3,(H,24,26)(H,25,27). The van der Waals surface area contributed by atoms with Crippen LogP contribution in [0.2, 0.25) is 0 Å². The zero-order chi connectivity index (χ0) is 19.2. The Balaban J connectivity index is 1.71. The highest BCUT2D eigenvalue weighted by atomic mass is 16.2. The summed E-state index contributed by atoms with van der Waals surface area (Å²) in [5.74, 6) is -1.61. The molecule has 0 radical (unpaired) electrons. The molecule has 0 aromatic heterocycles. The average molecular weight is 363 g/mol. The van der Waals surface area contributed by atoms with Gasteiger partial charge in [-0.15, -0.1) is 0 Å². The summed E-state index contributed by atoms with van der Waals surface area (Å²) in [6.07, 6.45) is 4.85. The normalized spacial score (nSPS) is 15.1. The second-order valence-electron chi connectivity index (χ2n) is 7.07. The van der Waals surface area contributed by atoms with E-state index in [2.05, 4.69) is 16.7 Å². The molecular weight excluding hydrogens is 338 g/mol. The van der Waals surface area contributed by atoms with Gasteiger partial charge in [0.05, 0.1) is 0 Å². The van der Waals surface area contributed by atoms with Crippen molar-refractivity contribution in [3.63, 3.8) is 0 Å². The number of carbonyl (C=O) groups is 2. The van der Waals surface area contributed by atoms with Crippen molar-refractivity contribution in [2.75, 3.05) is 10.6 Å². The number of carbonyl (C=O) groups excluding carboxylic acids is 2. The van der Waals surface area contributed by atoms with Crippen molar-refractivity contribution in [2.24, 2.45) is 5.92 Å². The van der Waals surface area contributed by atoms with Crippen LogP contribution in [0.15, 0.2) is 54.6 Å². The highest BCUT2D eigenvalue weighted by Crippen LogP contribution is 2.34. The molecule has 0 spiro atoms. The van der Waals surface area contributed by atoms with E-state index >= 15 is 0 Å². The lowest BCUT2D eigenvalue weighted by Gasteiger charge is -2.17. The summed E-state index contributed by atoms with van der Waals surface area (Å²) in [7, 11) is 0. The monoisotopic (exact) mass is 363 g/mol. The van der Waals surface area contributed by atoms with Crippen LogP contribution in [-0.2, 0) is 9.59 Å². The molecule has 5 nitrogen and oxygen atoms in total. The fraction of sp³-hybridized carbons (Fsp3) is 0.318. The highest BCUT2D eigenvalue weighted by Gasteiger charge is 2.29. The molecule has 1 atom stereocenters. The maximum atomic E-state index is 12.7. The molecule has 140 valence electrons. The fourth-order valence-corrected chi connectivity index (χ4v) is 3.59. The molecule has 5 heteroatoms. The Hall–Kier alpha value is -2.95. The largest absolute Gasteiger partial charge is 0.325 e. The van der Waals surface area contributed by atoms with Gasteiger partial charge in [-0.1, -0.05) is 43.2 Å². The Morgan fingerprint density at radius 1 is 0.926 bits per heavy atom. The number of para-hydroxylation sites is 1. The van der Waals surface area contributed by atoms with Gasteiger partial charge in [0.1, 0.15) is 0 Å². The summed E-state index contributed by atoms with van der Waals surface area (Å²) in [5, 5.41) is 13.4. The van der Waals surface area contributed by atoms with Gasteiger partial charge in [0, 0.05) is 17.1 Å². The molecule has 1 saturated carbocycles. The fourth-order valence-electron chi connectivity index (χ4n) is 3.59. The molecule has 3 N–H and O–H groups in total. The van der Waals surface area contributed by atoms with E-state index in [4.69, 9.17) is 5.41 Å². The maximum Gasteiger partial charge on any atom is 0.242 e. The van der Waals surface area contributed by atoms with Crippen LogP contribution in [-0.4, -0.2) is 17.5 Å². The topological polar surface area (TPSA) is 82.1 Å². The summed E-state index contributed by atoms with van der Waals surface area (Å²) in [4.78, 5) is 25.3. The van der Waals surface area contributed by atoms with Crippen molar-refractivity contribution >= 4 is 28.9 Å².